The zero-order valence-corrected chi connectivity index (χ0v) is 17.2. The van der Waals surface area contributed by atoms with Crippen LogP contribution in [0.5, 0.6) is 0 Å². The maximum absolute atomic E-state index is 14.1. The van der Waals surface area contributed by atoms with Crippen LogP contribution in [0.3, 0.4) is 0 Å². The summed E-state index contributed by atoms with van der Waals surface area (Å²) >= 11 is 0. The Bertz CT molecular complexity index is 862. The molecule has 1 fully saturated rings. The van der Waals surface area contributed by atoms with E-state index in [9.17, 15) is 9.18 Å². The first-order chi connectivity index (χ1) is 14.0. The summed E-state index contributed by atoms with van der Waals surface area (Å²) in [6.07, 6.45) is 2.44. The average Bonchev–Trinajstić information content (AvgIpc) is 3.06. The zero-order chi connectivity index (χ0) is 20.4. The van der Waals surface area contributed by atoms with E-state index in [1.165, 1.54) is 0 Å². The number of benzene rings is 2. The molecule has 1 unspecified atom stereocenters. The van der Waals surface area contributed by atoms with E-state index in [2.05, 4.69) is 18.7 Å². The molecule has 154 valence electrons. The van der Waals surface area contributed by atoms with Crippen LogP contribution in [0.1, 0.15) is 44.2 Å². The van der Waals surface area contributed by atoms with Gasteiger partial charge in [0.1, 0.15) is 12.4 Å². The Kier molecular flexibility index (Phi) is 5.48. The fourth-order valence-corrected chi connectivity index (χ4v) is 4.65. The van der Waals surface area contributed by atoms with E-state index in [0.717, 1.165) is 42.6 Å². The highest BCUT2D eigenvalue weighted by molar-refractivity contribution is 5.69. The van der Waals surface area contributed by atoms with Crippen molar-refractivity contribution in [2.45, 2.75) is 51.2 Å². The Morgan fingerprint density at radius 3 is 2.59 bits per heavy atom. The first-order valence-electron chi connectivity index (χ1n) is 10.5. The maximum atomic E-state index is 14.1. The van der Waals surface area contributed by atoms with E-state index in [0.29, 0.717) is 19.1 Å². The lowest BCUT2D eigenvalue weighted by atomic mass is 9.74. The number of fused-ring (bicyclic) bond motifs is 2. The molecule has 5 heteroatoms. The van der Waals surface area contributed by atoms with Gasteiger partial charge in [-0.1, -0.05) is 37.3 Å². The van der Waals surface area contributed by atoms with E-state index in [-0.39, 0.29) is 23.9 Å². The lowest BCUT2D eigenvalue weighted by Gasteiger charge is -2.40. The quantitative estimate of drug-likeness (QED) is 0.720. The molecule has 1 atom stereocenters. The molecule has 4 nitrogen and oxygen atoms in total. The van der Waals surface area contributed by atoms with Gasteiger partial charge in [0.25, 0.3) is 0 Å². The SMILES string of the molecule is CCC(C)N1CC2(CCN(C(=O)OCc3ccccc3)CC2)c2cc(F)ccc21. The predicted octanol–water partition coefficient (Wildman–Crippen LogP) is 5.11. The number of halogens is 1. The molecule has 1 spiro atoms. The summed E-state index contributed by atoms with van der Waals surface area (Å²) < 4.78 is 19.6. The molecule has 2 aliphatic rings. The standard InChI is InChI=1S/C24H29FN2O2/c1-3-18(2)27-17-24(21-15-20(25)9-10-22(21)27)11-13-26(14-12-24)23(28)29-16-19-7-5-4-6-8-19/h4-10,15,18H,3,11-14,16-17H2,1-2H3. The molecule has 2 aromatic rings. The van der Waals surface area contributed by atoms with Gasteiger partial charge in [-0.15, -0.1) is 0 Å². The van der Waals surface area contributed by atoms with E-state index in [4.69, 9.17) is 4.74 Å². The molecular weight excluding hydrogens is 367 g/mol. The highest BCUT2D eigenvalue weighted by Gasteiger charge is 2.46. The minimum Gasteiger partial charge on any atom is -0.445 e. The third-order valence-corrected chi connectivity index (χ3v) is 6.62. The third kappa shape index (κ3) is 3.83. The number of anilines is 1. The van der Waals surface area contributed by atoms with Gasteiger partial charge in [0, 0.05) is 36.8 Å². The Labute approximate surface area is 172 Å². The van der Waals surface area contributed by atoms with Crippen molar-refractivity contribution < 1.29 is 13.9 Å². The molecule has 29 heavy (non-hydrogen) atoms. The first-order valence-corrected chi connectivity index (χ1v) is 10.5. The number of piperidine rings is 1. The van der Waals surface area contributed by atoms with Crippen LogP contribution in [-0.2, 0) is 16.8 Å². The van der Waals surface area contributed by atoms with Crippen molar-refractivity contribution in [1.82, 2.24) is 4.90 Å². The van der Waals surface area contributed by atoms with Gasteiger partial charge in [-0.25, -0.2) is 9.18 Å². The van der Waals surface area contributed by atoms with Crippen LogP contribution in [0.25, 0.3) is 0 Å². The lowest BCUT2D eigenvalue weighted by molar-refractivity contribution is 0.0788. The summed E-state index contributed by atoms with van der Waals surface area (Å²) in [5, 5.41) is 0. The molecule has 4 rings (SSSR count). The minimum atomic E-state index is -0.264. The summed E-state index contributed by atoms with van der Waals surface area (Å²) in [4.78, 5) is 16.7. The second kappa shape index (κ2) is 8.05. The van der Waals surface area contributed by atoms with Crippen LogP contribution in [0.2, 0.25) is 0 Å². The third-order valence-electron chi connectivity index (χ3n) is 6.62. The van der Waals surface area contributed by atoms with Crippen molar-refractivity contribution in [3.05, 3.63) is 65.5 Å². The Hall–Kier alpha value is -2.56. The molecule has 0 saturated carbocycles. The monoisotopic (exact) mass is 396 g/mol. The van der Waals surface area contributed by atoms with Crippen molar-refractivity contribution >= 4 is 11.8 Å². The molecule has 0 N–H and O–H groups in total. The molecular formula is C24H29FN2O2. The molecule has 0 aliphatic carbocycles. The van der Waals surface area contributed by atoms with Crippen LogP contribution in [0, 0.1) is 5.82 Å². The molecule has 2 heterocycles. The number of carbonyl (C=O) groups excluding carboxylic acids is 1. The normalized spacial score (nSPS) is 18.6. The van der Waals surface area contributed by atoms with Crippen molar-refractivity contribution in [2.75, 3.05) is 24.5 Å². The fraction of sp³-hybridized carbons (Fsp3) is 0.458. The summed E-state index contributed by atoms with van der Waals surface area (Å²) in [6, 6.07) is 15.3. The largest absolute Gasteiger partial charge is 0.445 e. The van der Waals surface area contributed by atoms with Gasteiger partial charge in [0.05, 0.1) is 0 Å². The number of nitrogens with zero attached hydrogens (tertiary/aromatic N) is 2. The molecule has 0 bridgehead atoms. The minimum absolute atomic E-state index is 0.0862. The van der Waals surface area contributed by atoms with Gasteiger partial charge in [-0.3, -0.25) is 0 Å². The van der Waals surface area contributed by atoms with Gasteiger partial charge in [-0.05, 0) is 55.5 Å². The fourth-order valence-electron chi connectivity index (χ4n) is 4.65. The Balaban J connectivity index is 1.44. The lowest BCUT2D eigenvalue weighted by Crippen LogP contribution is -2.48. The van der Waals surface area contributed by atoms with Crippen LogP contribution in [0.15, 0.2) is 48.5 Å². The summed E-state index contributed by atoms with van der Waals surface area (Å²) in [7, 11) is 0. The van der Waals surface area contributed by atoms with E-state index >= 15 is 0 Å². The number of rotatable bonds is 4. The number of hydrogen-bond donors (Lipinski definition) is 0. The van der Waals surface area contributed by atoms with Crippen molar-refractivity contribution in [2.24, 2.45) is 0 Å². The summed E-state index contributed by atoms with van der Waals surface area (Å²) in [6.45, 7) is 6.87. The molecule has 2 aromatic carbocycles. The highest BCUT2D eigenvalue weighted by atomic mass is 19.1. The number of hydrogen-bond acceptors (Lipinski definition) is 3. The second-order valence-electron chi connectivity index (χ2n) is 8.35. The smallest absolute Gasteiger partial charge is 0.410 e. The van der Waals surface area contributed by atoms with Gasteiger partial charge in [0.15, 0.2) is 0 Å². The molecule has 0 aromatic heterocycles. The Morgan fingerprint density at radius 1 is 1.17 bits per heavy atom. The number of amides is 1. The number of carbonyl (C=O) groups is 1. The zero-order valence-electron chi connectivity index (χ0n) is 17.2. The van der Waals surface area contributed by atoms with Gasteiger partial charge in [0.2, 0.25) is 0 Å². The van der Waals surface area contributed by atoms with E-state index < -0.39 is 0 Å². The van der Waals surface area contributed by atoms with E-state index in [1.54, 1.807) is 17.0 Å². The van der Waals surface area contributed by atoms with Crippen molar-refractivity contribution in [1.29, 1.82) is 0 Å². The average molecular weight is 397 g/mol. The maximum Gasteiger partial charge on any atom is 0.410 e. The Morgan fingerprint density at radius 2 is 1.90 bits per heavy atom. The van der Waals surface area contributed by atoms with Crippen LogP contribution in [-0.4, -0.2) is 36.7 Å². The van der Waals surface area contributed by atoms with Crippen LogP contribution < -0.4 is 4.90 Å². The van der Waals surface area contributed by atoms with Gasteiger partial charge >= 0.3 is 6.09 Å². The summed E-state index contributed by atoms with van der Waals surface area (Å²) in [5.74, 6) is -0.182. The van der Waals surface area contributed by atoms with Crippen LogP contribution >= 0.6 is 0 Å². The summed E-state index contributed by atoms with van der Waals surface area (Å²) in [5.41, 5.74) is 3.16. The first kappa shape index (κ1) is 19.7. The van der Waals surface area contributed by atoms with Gasteiger partial charge in [-0.2, -0.15) is 0 Å². The second-order valence-corrected chi connectivity index (χ2v) is 8.35. The molecule has 1 saturated heterocycles. The highest BCUT2D eigenvalue weighted by Crippen LogP contribution is 2.48. The van der Waals surface area contributed by atoms with Crippen molar-refractivity contribution in [3.8, 4) is 0 Å². The molecule has 0 radical (unpaired) electrons. The molecule has 2 aliphatic heterocycles. The van der Waals surface area contributed by atoms with E-state index in [1.807, 2.05) is 36.4 Å². The predicted molar refractivity (Wildman–Crippen MR) is 113 cm³/mol. The van der Waals surface area contributed by atoms with Crippen molar-refractivity contribution in [3.63, 3.8) is 0 Å². The number of likely N-dealkylation sites (tertiary alicyclic amines) is 1. The van der Waals surface area contributed by atoms with Crippen LogP contribution in [0.4, 0.5) is 14.9 Å². The molecule has 1 amide bonds. The number of ether oxygens (including phenoxy) is 1. The topological polar surface area (TPSA) is 32.8 Å². The van der Waals surface area contributed by atoms with Gasteiger partial charge < -0.3 is 14.5 Å².